The molecule has 0 spiro atoms. The molecule has 0 radical (unpaired) electrons. The Morgan fingerprint density at radius 2 is 1.56 bits per heavy atom. The van der Waals surface area contributed by atoms with Crippen LogP contribution >= 0.6 is 11.8 Å². The summed E-state index contributed by atoms with van der Waals surface area (Å²) < 4.78 is 0. The second-order valence-electron chi connectivity index (χ2n) is 4.51. The largest absolute Gasteiger partial charge is 0.326 e. The fourth-order valence-corrected chi connectivity index (χ4v) is 3.05. The lowest BCUT2D eigenvalue weighted by Gasteiger charge is -2.09. The van der Waals surface area contributed by atoms with Crippen LogP contribution in [0.25, 0.3) is 0 Å². The Bertz CT molecular complexity index is 497. The Morgan fingerprint density at radius 1 is 0.944 bits per heavy atom. The van der Waals surface area contributed by atoms with Crippen molar-refractivity contribution in [3.05, 3.63) is 64.7 Å². The van der Waals surface area contributed by atoms with Crippen molar-refractivity contribution < 1.29 is 0 Å². The lowest BCUT2D eigenvalue weighted by molar-refractivity contribution is 1.07. The maximum Gasteiger partial charge on any atom is 0.0237 e. The molecule has 2 aromatic rings. The highest BCUT2D eigenvalue weighted by Crippen LogP contribution is 2.26. The quantitative estimate of drug-likeness (QED) is 0.836. The van der Waals surface area contributed by atoms with Crippen LogP contribution < -0.4 is 5.73 Å². The SMILES string of the molecule is Cc1cccc(C)c1CSc1ccc(CN)cc1. The van der Waals surface area contributed by atoms with Crippen LogP contribution in [0.5, 0.6) is 0 Å². The van der Waals surface area contributed by atoms with Gasteiger partial charge in [0.05, 0.1) is 0 Å². The molecule has 0 amide bonds. The summed E-state index contributed by atoms with van der Waals surface area (Å²) in [6.07, 6.45) is 0. The normalized spacial score (nSPS) is 10.6. The number of aryl methyl sites for hydroxylation is 2. The predicted octanol–water partition coefficient (Wildman–Crippen LogP) is 4.05. The number of hydrogen-bond acceptors (Lipinski definition) is 2. The zero-order valence-electron chi connectivity index (χ0n) is 10.9. The van der Waals surface area contributed by atoms with Crippen LogP contribution in [0.2, 0.25) is 0 Å². The Balaban J connectivity index is 2.06. The molecule has 0 saturated carbocycles. The molecular weight excluding hydrogens is 238 g/mol. The van der Waals surface area contributed by atoms with E-state index in [9.17, 15) is 0 Å². The van der Waals surface area contributed by atoms with Crippen LogP contribution in [0.1, 0.15) is 22.3 Å². The van der Waals surface area contributed by atoms with Crippen molar-refractivity contribution in [1.82, 2.24) is 0 Å². The first-order valence-electron chi connectivity index (χ1n) is 6.17. The van der Waals surface area contributed by atoms with Crippen molar-refractivity contribution in [3.8, 4) is 0 Å². The van der Waals surface area contributed by atoms with E-state index < -0.39 is 0 Å². The van der Waals surface area contributed by atoms with Gasteiger partial charge in [0, 0.05) is 17.2 Å². The van der Waals surface area contributed by atoms with E-state index >= 15 is 0 Å². The number of hydrogen-bond donors (Lipinski definition) is 1. The number of thioether (sulfide) groups is 1. The van der Waals surface area contributed by atoms with Crippen LogP contribution in [-0.4, -0.2) is 0 Å². The molecule has 0 bridgehead atoms. The Labute approximate surface area is 113 Å². The summed E-state index contributed by atoms with van der Waals surface area (Å²) in [6, 6.07) is 15.0. The highest BCUT2D eigenvalue weighted by atomic mass is 32.2. The van der Waals surface area contributed by atoms with E-state index in [2.05, 4.69) is 56.3 Å². The third kappa shape index (κ3) is 3.15. The zero-order valence-corrected chi connectivity index (χ0v) is 11.8. The third-order valence-corrected chi connectivity index (χ3v) is 4.23. The second-order valence-corrected chi connectivity index (χ2v) is 5.56. The van der Waals surface area contributed by atoms with Gasteiger partial charge in [0.2, 0.25) is 0 Å². The summed E-state index contributed by atoms with van der Waals surface area (Å²) in [5.41, 5.74) is 11.0. The molecule has 0 saturated heterocycles. The van der Waals surface area contributed by atoms with Crippen molar-refractivity contribution in [2.24, 2.45) is 5.73 Å². The van der Waals surface area contributed by atoms with Gasteiger partial charge in [-0.15, -0.1) is 11.8 Å². The van der Waals surface area contributed by atoms with Gasteiger partial charge in [0.25, 0.3) is 0 Å². The molecule has 94 valence electrons. The van der Waals surface area contributed by atoms with E-state index in [-0.39, 0.29) is 0 Å². The standard InChI is InChI=1S/C16H19NS/c1-12-4-3-5-13(2)16(12)11-18-15-8-6-14(10-17)7-9-15/h3-9H,10-11,17H2,1-2H3. The van der Waals surface area contributed by atoms with E-state index in [0.717, 1.165) is 5.75 Å². The molecule has 0 fully saturated rings. The lowest BCUT2D eigenvalue weighted by Crippen LogP contribution is -1.95. The molecule has 0 atom stereocenters. The molecule has 18 heavy (non-hydrogen) atoms. The molecule has 2 aromatic carbocycles. The highest BCUT2D eigenvalue weighted by Gasteiger charge is 2.03. The van der Waals surface area contributed by atoms with Gasteiger partial charge >= 0.3 is 0 Å². The van der Waals surface area contributed by atoms with Gasteiger partial charge in [-0.2, -0.15) is 0 Å². The summed E-state index contributed by atoms with van der Waals surface area (Å²) in [5.74, 6) is 1.03. The van der Waals surface area contributed by atoms with E-state index in [1.54, 1.807) is 0 Å². The second kappa shape index (κ2) is 6.07. The van der Waals surface area contributed by atoms with Gasteiger partial charge in [-0.1, -0.05) is 30.3 Å². The molecule has 0 heterocycles. The maximum atomic E-state index is 5.60. The minimum Gasteiger partial charge on any atom is -0.326 e. The molecule has 0 unspecified atom stereocenters. The minimum atomic E-state index is 0.613. The van der Waals surface area contributed by atoms with Gasteiger partial charge in [0.15, 0.2) is 0 Å². The molecule has 0 aliphatic carbocycles. The van der Waals surface area contributed by atoms with Crippen molar-refractivity contribution >= 4 is 11.8 Å². The molecule has 0 aliphatic heterocycles. The fraction of sp³-hybridized carbons (Fsp3) is 0.250. The van der Waals surface area contributed by atoms with Gasteiger partial charge in [-0.3, -0.25) is 0 Å². The monoisotopic (exact) mass is 257 g/mol. The number of rotatable bonds is 4. The first-order chi connectivity index (χ1) is 8.70. The Kier molecular flexibility index (Phi) is 4.45. The number of benzene rings is 2. The van der Waals surface area contributed by atoms with Crippen molar-refractivity contribution in [1.29, 1.82) is 0 Å². The molecule has 2 heteroatoms. The van der Waals surface area contributed by atoms with E-state index in [0.29, 0.717) is 6.54 Å². The van der Waals surface area contributed by atoms with E-state index in [4.69, 9.17) is 5.73 Å². The van der Waals surface area contributed by atoms with Crippen molar-refractivity contribution in [2.75, 3.05) is 0 Å². The maximum absolute atomic E-state index is 5.60. The average Bonchev–Trinajstić information content (AvgIpc) is 2.39. The first kappa shape index (κ1) is 13.2. The Hall–Kier alpha value is -1.25. The first-order valence-corrected chi connectivity index (χ1v) is 7.16. The summed E-state index contributed by atoms with van der Waals surface area (Å²) in [7, 11) is 0. The van der Waals surface area contributed by atoms with Gasteiger partial charge in [0.1, 0.15) is 0 Å². The molecule has 2 N–H and O–H groups in total. The lowest BCUT2D eigenvalue weighted by atomic mass is 10.1. The summed E-state index contributed by atoms with van der Waals surface area (Å²) in [6.45, 7) is 4.97. The van der Waals surface area contributed by atoms with Crippen LogP contribution in [0.3, 0.4) is 0 Å². The van der Waals surface area contributed by atoms with Crippen LogP contribution in [0.4, 0.5) is 0 Å². The minimum absolute atomic E-state index is 0.613. The molecule has 0 aromatic heterocycles. The third-order valence-electron chi connectivity index (χ3n) is 3.19. The highest BCUT2D eigenvalue weighted by molar-refractivity contribution is 7.98. The topological polar surface area (TPSA) is 26.0 Å². The van der Waals surface area contributed by atoms with Gasteiger partial charge in [-0.25, -0.2) is 0 Å². The number of nitrogens with two attached hydrogens (primary N) is 1. The van der Waals surface area contributed by atoms with Crippen molar-refractivity contribution in [3.63, 3.8) is 0 Å². The van der Waals surface area contributed by atoms with Crippen LogP contribution in [0, 0.1) is 13.8 Å². The average molecular weight is 257 g/mol. The van der Waals surface area contributed by atoms with E-state index in [1.165, 1.54) is 27.1 Å². The zero-order chi connectivity index (χ0) is 13.0. The molecular formula is C16H19NS. The van der Waals surface area contributed by atoms with Crippen LogP contribution in [0.15, 0.2) is 47.4 Å². The van der Waals surface area contributed by atoms with E-state index in [1.807, 2.05) is 11.8 Å². The van der Waals surface area contributed by atoms with Crippen LogP contribution in [-0.2, 0) is 12.3 Å². The molecule has 2 rings (SSSR count). The van der Waals surface area contributed by atoms with Gasteiger partial charge in [-0.05, 0) is 48.2 Å². The molecule has 1 nitrogen and oxygen atoms in total. The predicted molar refractivity (Wildman–Crippen MR) is 79.8 cm³/mol. The summed E-state index contributed by atoms with van der Waals surface area (Å²) in [4.78, 5) is 1.30. The summed E-state index contributed by atoms with van der Waals surface area (Å²) in [5, 5.41) is 0. The smallest absolute Gasteiger partial charge is 0.0237 e. The van der Waals surface area contributed by atoms with Crippen molar-refractivity contribution in [2.45, 2.75) is 31.0 Å². The summed E-state index contributed by atoms with van der Waals surface area (Å²) >= 11 is 1.88. The Morgan fingerprint density at radius 3 is 2.11 bits per heavy atom. The molecule has 0 aliphatic rings. The fourth-order valence-electron chi connectivity index (χ4n) is 1.95. The van der Waals surface area contributed by atoms with Gasteiger partial charge < -0.3 is 5.73 Å².